The second kappa shape index (κ2) is 9.46. The van der Waals surface area contributed by atoms with Gasteiger partial charge < -0.3 is 28.9 Å². The lowest BCUT2D eigenvalue weighted by atomic mass is 10.1. The SMILES string of the molecule is Cc1ccc(/C=C/c2nc(/C=C3\Sc4ccccc4N3C)c3ccccc3[n+]2C)cc1.[I-]. The fourth-order valence-corrected chi connectivity index (χ4v) is 4.92. The summed E-state index contributed by atoms with van der Waals surface area (Å²) in [6, 6.07) is 25.5. The maximum Gasteiger partial charge on any atom is 0.323 e. The van der Waals surface area contributed by atoms with Crippen molar-refractivity contribution in [2.24, 2.45) is 7.05 Å². The smallest absolute Gasteiger partial charge is 0.323 e. The number of hydrogen-bond acceptors (Lipinski definition) is 3. The van der Waals surface area contributed by atoms with Crippen molar-refractivity contribution < 1.29 is 28.5 Å². The van der Waals surface area contributed by atoms with Gasteiger partial charge in [-0.2, -0.15) is 0 Å². The highest BCUT2D eigenvalue weighted by molar-refractivity contribution is 8.03. The first-order valence-corrected chi connectivity index (χ1v) is 11.2. The zero-order valence-corrected chi connectivity index (χ0v) is 21.3. The van der Waals surface area contributed by atoms with Gasteiger partial charge in [-0.1, -0.05) is 65.9 Å². The summed E-state index contributed by atoms with van der Waals surface area (Å²) < 4.78 is 2.16. The molecule has 0 unspecified atom stereocenters. The number of hydrogen-bond donors (Lipinski definition) is 0. The van der Waals surface area contributed by atoms with Crippen molar-refractivity contribution in [2.75, 3.05) is 11.9 Å². The first-order chi connectivity index (χ1) is 15.1. The van der Waals surface area contributed by atoms with E-state index in [-0.39, 0.29) is 24.0 Å². The van der Waals surface area contributed by atoms with E-state index in [9.17, 15) is 0 Å². The summed E-state index contributed by atoms with van der Waals surface area (Å²) in [5.74, 6) is 0.925. The Morgan fingerprint density at radius 3 is 2.41 bits per heavy atom. The lowest BCUT2D eigenvalue weighted by Crippen LogP contribution is -3.00. The van der Waals surface area contributed by atoms with Crippen LogP contribution in [0.5, 0.6) is 0 Å². The Labute approximate surface area is 210 Å². The van der Waals surface area contributed by atoms with E-state index >= 15 is 0 Å². The molecule has 0 N–H and O–H groups in total. The van der Waals surface area contributed by atoms with E-state index in [0.717, 1.165) is 22.4 Å². The predicted octanol–water partition coefficient (Wildman–Crippen LogP) is 3.08. The Bertz CT molecular complexity index is 1340. The van der Waals surface area contributed by atoms with E-state index < -0.39 is 0 Å². The molecule has 0 spiro atoms. The van der Waals surface area contributed by atoms with Crippen LogP contribution < -0.4 is 33.4 Å². The van der Waals surface area contributed by atoms with Crippen LogP contribution in [0.3, 0.4) is 0 Å². The monoisotopic (exact) mass is 549 g/mol. The predicted molar refractivity (Wildman–Crippen MR) is 132 cm³/mol. The number of benzene rings is 3. The van der Waals surface area contributed by atoms with Gasteiger partial charge in [0.25, 0.3) is 0 Å². The van der Waals surface area contributed by atoms with Crippen LogP contribution in [0.2, 0.25) is 0 Å². The van der Waals surface area contributed by atoms with Crippen LogP contribution in [-0.2, 0) is 7.05 Å². The Morgan fingerprint density at radius 2 is 1.62 bits per heavy atom. The zero-order valence-electron chi connectivity index (χ0n) is 18.3. The van der Waals surface area contributed by atoms with Crippen molar-refractivity contribution in [3.05, 3.63) is 100 Å². The number of aromatic nitrogens is 2. The highest BCUT2D eigenvalue weighted by atomic mass is 127. The van der Waals surface area contributed by atoms with E-state index in [1.807, 2.05) is 0 Å². The molecule has 0 bridgehead atoms. The number of rotatable bonds is 3. The normalized spacial score (nSPS) is 14.2. The lowest BCUT2D eigenvalue weighted by molar-refractivity contribution is -0.649. The molecule has 5 rings (SSSR count). The third-order valence-corrected chi connectivity index (χ3v) is 6.82. The fraction of sp³-hybridized carbons (Fsp3) is 0.111. The summed E-state index contributed by atoms with van der Waals surface area (Å²) in [6.45, 7) is 2.11. The number of aryl methyl sites for hydroxylation is 2. The van der Waals surface area contributed by atoms with Crippen LogP contribution in [-0.4, -0.2) is 12.0 Å². The summed E-state index contributed by atoms with van der Waals surface area (Å²) in [6.07, 6.45) is 6.43. The van der Waals surface area contributed by atoms with Gasteiger partial charge >= 0.3 is 5.82 Å². The minimum atomic E-state index is 0. The van der Waals surface area contributed by atoms with Crippen molar-refractivity contribution >= 4 is 46.6 Å². The van der Waals surface area contributed by atoms with Gasteiger partial charge in [0.1, 0.15) is 5.52 Å². The van der Waals surface area contributed by atoms with E-state index in [0.29, 0.717) is 0 Å². The Morgan fingerprint density at radius 1 is 0.906 bits per heavy atom. The van der Waals surface area contributed by atoms with Gasteiger partial charge in [-0.05, 0) is 47.8 Å². The molecule has 0 saturated carbocycles. The minimum absolute atomic E-state index is 0. The molecule has 0 amide bonds. The lowest BCUT2D eigenvalue weighted by Gasteiger charge is -2.13. The second-order valence-electron chi connectivity index (χ2n) is 7.79. The van der Waals surface area contributed by atoms with Crippen LogP contribution in [0, 0.1) is 6.92 Å². The standard InChI is InChI=1S/C27H24N3S.HI/c1-19-12-14-20(15-13-19)16-17-26-28-22(21-8-4-5-9-23(21)29(26)2)18-27-30(3)24-10-6-7-11-25(24)31-27;/h4-18H,1-3H3;1H/q+1;/p-1/b17-16+;. The minimum Gasteiger partial charge on any atom is -1.00 e. The number of nitrogens with zero attached hydrogens (tertiary/aromatic N) is 3. The van der Waals surface area contributed by atoms with Gasteiger partial charge in [-0.25, -0.2) is 4.57 Å². The van der Waals surface area contributed by atoms with Crippen molar-refractivity contribution in [3.63, 3.8) is 0 Å². The molecule has 160 valence electrons. The molecule has 4 aromatic rings. The summed E-state index contributed by atoms with van der Waals surface area (Å²) in [5, 5.41) is 2.33. The quantitative estimate of drug-likeness (QED) is 0.290. The Kier molecular flexibility index (Phi) is 6.67. The van der Waals surface area contributed by atoms with E-state index in [1.54, 1.807) is 11.8 Å². The van der Waals surface area contributed by atoms with Gasteiger partial charge in [-0.3, -0.25) is 0 Å². The summed E-state index contributed by atoms with van der Waals surface area (Å²) in [5.41, 5.74) is 5.82. The number of fused-ring (bicyclic) bond motifs is 2. The maximum absolute atomic E-state index is 5.05. The molecular weight excluding hydrogens is 525 g/mol. The largest absolute Gasteiger partial charge is 1.00 e. The van der Waals surface area contributed by atoms with Crippen LogP contribution in [0.25, 0.3) is 29.1 Å². The van der Waals surface area contributed by atoms with Gasteiger partial charge in [0, 0.05) is 24.1 Å². The molecule has 0 fully saturated rings. The third kappa shape index (κ3) is 4.32. The molecule has 32 heavy (non-hydrogen) atoms. The van der Waals surface area contributed by atoms with Crippen molar-refractivity contribution in [3.8, 4) is 0 Å². The molecule has 1 aliphatic heterocycles. The van der Waals surface area contributed by atoms with Crippen molar-refractivity contribution in [2.45, 2.75) is 11.8 Å². The first-order valence-electron chi connectivity index (χ1n) is 10.4. The molecule has 5 heteroatoms. The van der Waals surface area contributed by atoms with E-state index in [1.165, 1.54) is 26.7 Å². The molecule has 3 nitrogen and oxygen atoms in total. The van der Waals surface area contributed by atoms with Gasteiger partial charge in [0.05, 0.1) is 23.2 Å². The average Bonchev–Trinajstić information content (AvgIpc) is 3.11. The molecule has 0 saturated heterocycles. The number of thioether (sulfide) groups is 1. The number of para-hydroxylation sites is 2. The summed E-state index contributed by atoms with van der Waals surface area (Å²) in [7, 11) is 4.20. The summed E-state index contributed by atoms with van der Waals surface area (Å²) >= 11 is 1.79. The first kappa shape index (κ1) is 22.6. The van der Waals surface area contributed by atoms with Crippen molar-refractivity contribution in [1.29, 1.82) is 0 Å². The topological polar surface area (TPSA) is 20.0 Å². The zero-order chi connectivity index (χ0) is 21.4. The van der Waals surface area contributed by atoms with Crippen LogP contribution in [0.4, 0.5) is 5.69 Å². The number of halogens is 1. The summed E-state index contributed by atoms with van der Waals surface area (Å²) in [4.78, 5) is 8.57. The van der Waals surface area contributed by atoms with E-state index in [4.69, 9.17) is 4.98 Å². The Hall–Kier alpha value is -2.64. The molecule has 1 aliphatic rings. The van der Waals surface area contributed by atoms with Gasteiger partial charge in [-0.15, -0.1) is 0 Å². The highest BCUT2D eigenvalue weighted by Gasteiger charge is 2.24. The second-order valence-corrected chi connectivity index (χ2v) is 8.85. The molecule has 1 aromatic heterocycles. The van der Waals surface area contributed by atoms with Crippen LogP contribution in [0.15, 0.2) is 82.7 Å². The molecule has 3 aromatic carbocycles. The molecule has 0 atom stereocenters. The molecule has 0 radical (unpaired) electrons. The Balaban J connectivity index is 0.00000245. The molecular formula is C27H24IN3S. The molecule has 0 aliphatic carbocycles. The van der Waals surface area contributed by atoms with Crippen molar-refractivity contribution in [1.82, 2.24) is 4.98 Å². The molecule has 2 heterocycles. The third-order valence-electron chi connectivity index (χ3n) is 5.65. The van der Waals surface area contributed by atoms with E-state index in [2.05, 4.69) is 122 Å². The average molecular weight is 549 g/mol. The number of anilines is 1. The maximum atomic E-state index is 5.05. The van der Waals surface area contributed by atoms with Crippen LogP contribution in [0.1, 0.15) is 22.6 Å². The van der Waals surface area contributed by atoms with Gasteiger partial charge in [0.2, 0.25) is 0 Å². The van der Waals surface area contributed by atoms with Gasteiger partial charge in [0.15, 0.2) is 5.69 Å². The highest BCUT2D eigenvalue weighted by Crippen LogP contribution is 2.45. The van der Waals surface area contributed by atoms with Crippen LogP contribution >= 0.6 is 11.8 Å². The fourth-order valence-electron chi connectivity index (χ4n) is 3.84.